The predicted molar refractivity (Wildman–Crippen MR) is 73.9 cm³/mol. The first kappa shape index (κ1) is 13.5. The van der Waals surface area contributed by atoms with Crippen molar-refractivity contribution >= 4 is 21.6 Å². The third-order valence-corrected chi connectivity index (χ3v) is 3.91. The Hall–Kier alpha value is -0.880. The van der Waals surface area contributed by atoms with Crippen molar-refractivity contribution in [2.24, 2.45) is 0 Å². The van der Waals surface area contributed by atoms with E-state index in [-0.39, 0.29) is 5.56 Å². The summed E-state index contributed by atoms with van der Waals surface area (Å²) >= 11 is 3.22. The van der Waals surface area contributed by atoms with E-state index in [9.17, 15) is 4.79 Å². The molecule has 0 bridgehead atoms. The molecule has 5 nitrogen and oxygen atoms in total. The Kier molecular flexibility index (Phi) is 5.19. The smallest absolute Gasteiger partial charge is 0.280 e. The number of ether oxygens (including phenoxy) is 1. The van der Waals surface area contributed by atoms with Crippen molar-refractivity contribution in [2.45, 2.75) is 38.2 Å². The van der Waals surface area contributed by atoms with Gasteiger partial charge in [-0.2, -0.15) is 5.10 Å². The van der Waals surface area contributed by atoms with Gasteiger partial charge in [0.15, 0.2) is 0 Å². The van der Waals surface area contributed by atoms with Crippen LogP contribution in [0.15, 0.2) is 15.5 Å². The summed E-state index contributed by atoms with van der Waals surface area (Å²) in [5.41, 5.74) is 0.471. The van der Waals surface area contributed by atoms with Gasteiger partial charge >= 0.3 is 0 Å². The van der Waals surface area contributed by atoms with Crippen LogP contribution in [0.3, 0.4) is 0 Å². The molecule has 1 saturated carbocycles. The zero-order chi connectivity index (χ0) is 12.8. The largest absolute Gasteiger partial charge is 0.380 e. The van der Waals surface area contributed by atoms with Gasteiger partial charge in [-0.15, -0.1) is 0 Å². The van der Waals surface area contributed by atoms with Crippen LogP contribution < -0.4 is 10.9 Å². The second kappa shape index (κ2) is 6.89. The zero-order valence-electron chi connectivity index (χ0n) is 10.2. The zero-order valence-corrected chi connectivity index (χ0v) is 11.8. The molecule has 0 unspecified atom stereocenters. The molecule has 1 fully saturated rings. The highest BCUT2D eigenvalue weighted by Crippen LogP contribution is 2.20. The van der Waals surface area contributed by atoms with Crippen LogP contribution in [-0.2, 0) is 4.74 Å². The Morgan fingerprint density at radius 2 is 2.22 bits per heavy atom. The van der Waals surface area contributed by atoms with Crippen molar-refractivity contribution in [2.75, 3.05) is 18.5 Å². The number of halogens is 1. The summed E-state index contributed by atoms with van der Waals surface area (Å²) in [6.45, 7) is 1.34. The molecule has 6 heteroatoms. The monoisotopic (exact) mass is 315 g/mol. The van der Waals surface area contributed by atoms with E-state index < -0.39 is 0 Å². The molecule has 1 aromatic heterocycles. The van der Waals surface area contributed by atoms with E-state index in [2.05, 4.69) is 31.4 Å². The van der Waals surface area contributed by atoms with Crippen LogP contribution >= 0.6 is 15.9 Å². The lowest BCUT2D eigenvalue weighted by Crippen LogP contribution is -2.21. The molecule has 2 N–H and O–H groups in total. The van der Waals surface area contributed by atoms with Crippen molar-refractivity contribution in [3.8, 4) is 0 Å². The molecule has 1 heterocycles. The van der Waals surface area contributed by atoms with Gasteiger partial charge in [0, 0.05) is 6.54 Å². The lowest BCUT2D eigenvalue weighted by molar-refractivity contribution is 0.0347. The van der Waals surface area contributed by atoms with Gasteiger partial charge in [-0.25, -0.2) is 5.10 Å². The van der Waals surface area contributed by atoms with E-state index in [4.69, 9.17) is 4.74 Å². The Labute approximate surface area is 114 Å². The Balaban J connectivity index is 1.71. The number of aromatic amines is 1. The first-order valence-corrected chi connectivity index (χ1v) is 7.15. The van der Waals surface area contributed by atoms with Gasteiger partial charge in [0.25, 0.3) is 5.56 Å². The number of hydrogen-bond acceptors (Lipinski definition) is 4. The van der Waals surface area contributed by atoms with Gasteiger partial charge < -0.3 is 10.1 Å². The van der Waals surface area contributed by atoms with Gasteiger partial charge in [0.2, 0.25) is 0 Å². The second-order valence-corrected chi connectivity index (χ2v) is 5.28. The van der Waals surface area contributed by atoms with Gasteiger partial charge in [-0.1, -0.05) is 19.3 Å². The second-order valence-electron chi connectivity index (χ2n) is 4.48. The quantitative estimate of drug-likeness (QED) is 0.818. The molecule has 0 radical (unpaired) electrons. The topological polar surface area (TPSA) is 67.0 Å². The fourth-order valence-electron chi connectivity index (χ4n) is 2.15. The molecular weight excluding hydrogens is 298 g/mol. The van der Waals surface area contributed by atoms with Crippen LogP contribution in [0.1, 0.15) is 32.1 Å². The van der Waals surface area contributed by atoms with Crippen LogP contribution in [0.2, 0.25) is 0 Å². The molecule has 2 rings (SSSR count). The van der Waals surface area contributed by atoms with Crippen molar-refractivity contribution < 1.29 is 4.74 Å². The Bertz CT molecular complexity index is 430. The van der Waals surface area contributed by atoms with Crippen LogP contribution in [0.4, 0.5) is 5.69 Å². The molecule has 0 aliphatic heterocycles. The molecule has 18 heavy (non-hydrogen) atoms. The maximum Gasteiger partial charge on any atom is 0.280 e. The minimum Gasteiger partial charge on any atom is -0.380 e. The average molecular weight is 316 g/mol. The number of nitrogens with one attached hydrogen (secondary N) is 2. The SMILES string of the molecule is O=c1[nH]ncc(NCCOC2CCCCC2)c1Br. The van der Waals surface area contributed by atoms with E-state index in [1.54, 1.807) is 6.20 Å². The minimum absolute atomic E-state index is 0.229. The molecule has 100 valence electrons. The van der Waals surface area contributed by atoms with Crippen LogP contribution in [-0.4, -0.2) is 29.5 Å². The highest BCUT2D eigenvalue weighted by Gasteiger charge is 2.13. The molecule has 0 atom stereocenters. The van der Waals surface area contributed by atoms with Crippen LogP contribution in [0.25, 0.3) is 0 Å². The van der Waals surface area contributed by atoms with Crippen LogP contribution in [0.5, 0.6) is 0 Å². The normalized spacial score (nSPS) is 16.7. The van der Waals surface area contributed by atoms with Crippen LogP contribution in [0, 0.1) is 0 Å². The highest BCUT2D eigenvalue weighted by molar-refractivity contribution is 9.10. The summed E-state index contributed by atoms with van der Waals surface area (Å²) in [5.74, 6) is 0. The summed E-state index contributed by atoms with van der Waals surface area (Å²) < 4.78 is 6.27. The van der Waals surface area contributed by atoms with Crippen molar-refractivity contribution in [1.29, 1.82) is 0 Å². The maximum absolute atomic E-state index is 11.3. The van der Waals surface area contributed by atoms with Gasteiger partial charge in [0.1, 0.15) is 4.47 Å². The van der Waals surface area contributed by atoms with Crippen molar-refractivity contribution in [3.05, 3.63) is 21.0 Å². The molecular formula is C12H18BrN3O2. The average Bonchev–Trinajstić information content (AvgIpc) is 2.40. The molecule has 1 aromatic rings. The van der Waals surface area contributed by atoms with Crippen molar-refractivity contribution in [1.82, 2.24) is 10.2 Å². The lowest BCUT2D eigenvalue weighted by Gasteiger charge is -2.22. The summed E-state index contributed by atoms with van der Waals surface area (Å²) in [6, 6.07) is 0. The maximum atomic E-state index is 11.3. The number of anilines is 1. The summed E-state index contributed by atoms with van der Waals surface area (Å²) in [6.07, 6.45) is 8.26. The minimum atomic E-state index is -0.229. The third kappa shape index (κ3) is 3.81. The number of nitrogens with zero attached hydrogens (tertiary/aromatic N) is 1. The first-order chi connectivity index (χ1) is 8.77. The summed E-state index contributed by atoms with van der Waals surface area (Å²) in [4.78, 5) is 11.3. The molecule has 1 aliphatic carbocycles. The van der Waals surface area contributed by atoms with E-state index in [1.165, 1.54) is 32.1 Å². The molecule has 0 amide bonds. The number of hydrogen-bond donors (Lipinski definition) is 2. The lowest BCUT2D eigenvalue weighted by atomic mass is 9.98. The van der Waals surface area contributed by atoms with Gasteiger partial charge in [0.05, 0.1) is 24.6 Å². The molecule has 0 aromatic carbocycles. The third-order valence-electron chi connectivity index (χ3n) is 3.12. The standard InChI is InChI=1S/C12H18BrN3O2/c13-11-10(8-15-16-12(11)17)14-6-7-18-9-4-2-1-3-5-9/h8-9H,1-7H2,(H2,14,16,17). The Morgan fingerprint density at radius 1 is 1.44 bits per heavy atom. The number of H-pyrrole nitrogens is 1. The Morgan fingerprint density at radius 3 is 3.00 bits per heavy atom. The fourth-order valence-corrected chi connectivity index (χ4v) is 2.48. The van der Waals surface area contributed by atoms with Gasteiger partial charge in [-0.3, -0.25) is 4.79 Å². The first-order valence-electron chi connectivity index (χ1n) is 6.36. The summed E-state index contributed by atoms with van der Waals surface area (Å²) in [5, 5.41) is 9.24. The molecule has 0 spiro atoms. The van der Waals surface area contributed by atoms with E-state index in [0.717, 1.165) is 0 Å². The number of rotatable bonds is 5. The fraction of sp³-hybridized carbons (Fsp3) is 0.667. The van der Waals surface area contributed by atoms with E-state index in [0.29, 0.717) is 29.4 Å². The molecule has 1 aliphatic rings. The van der Waals surface area contributed by atoms with Crippen molar-refractivity contribution in [3.63, 3.8) is 0 Å². The van der Waals surface area contributed by atoms with Gasteiger partial charge in [-0.05, 0) is 28.8 Å². The van der Waals surface area contributed by atoms with E-state index >= 15 is 0 Å². The molecule has 0 saturated heterocycles. The highest BCUT2D eigenvalue weighted by atomic mass is 79.9. The van der Waals surface area contributed by atoms with E-state index in [1.807, 2.05) is 0 Å². The number of aromatic nitrogens is 2. The summed E-state index contributed by atoms with van der Waals surface area (Å²) in [7, 11) is 0. The predicted octanol–water partition coefficient (Wildman–Crippen LogP) is 2.29.